The van der Waals surface area contributed by atoms with Crippen molar-refractivity contribution < 1.29 is 4.74 Å². The minimum atomic E-state index is 0.315. The van der Waals surface area contributed by atoms with Gasteiger partial charge in [0.1, 0.15) is 0 Å². The number of fused-ring (bicyclic) bond motifs is 1. The van der Waals surface area contributed by atoms with Crippen molar-refractivity contribution in [3.63, 3.8) is 0 Å². The summed E-state index contributed by atoms with van der Waals surface area (Å²) in [5.74, 6) is 0.315. The number of unbranched alkanes of at least 4 members (excludes halogenated alkanes) is 2. The number of ether oxygens (including phenoxy) is 1. The van der Waals surface area contributed by atoms with Gasteiger partial charge in [-0.3, -0.25) is 4.99 Å². The highest BCUT2D eigenvalue weighted by Gasteiger charge is 2.19. The van der Waals surface area contributed by atoms with Crippen LogP contribution in [0.4, 0.5) is 0 Å². The van der Waals surface area contributed by atoms with Gasteiger partial charge >= 0.3 is 0 Å². The van der Waals surface area contributed by atoms with Crippen LogP contribution in [0.2, 0.25) is 5.02 Å². The summed E-state index contributed by atoms with van der Waals surface area (Å²) >= 11 is 6.30. The van der Waals surface area contributed by atoms with Gasteiger partial charge in [0.05, 0.1) is 0 Å². The molecule has 1 atom stereocenters. The number of aromatic nitrogens is 1. The van der Waals surface area contributed by atoms with E-state index in [2.05, 4.69) is 121 Å². The number of nitrogens with zero attached hydrogens (tertiary/aromatic N) is 1. The Kier molecular flexibility index (Phi) is 24.9. The zero-order valence-corrected chi connectivity index (χ0v) is 32.2. The summed E-state index contributed by atoms with van der Waals surface area (Å²) in [6.07, 6.45) is 21.1. The molecular weight excluding hydrogens is 584 g/mol. The monoisotopic (exact) mass is 650 g/mol. The molecule has 2 rings (SSSR count). The van der Waals surface area contributed by atoms with Gasteiger partial charge in [-0.15, -0.1) is 0 Å². The summed E-state index contributed by atoms with van der Waals surface area (Å²) in [5, 5.41) is 2.08. The van der Waals surface area contributed by atoms with Gasteiger partial charge in [0.25, 0.3) is 0 Å². The Morgan fingerprint density at radius 2 is 1.61 bits per heavy atom. The van der Waals surface area contributed by atoms with Crippen LogP contribution in [0.3, 0.4) is 0 Å². The largest absolute Gasteiger partial charge is 0.381 e. The zero-order valence-electron chi connectivity index (χ0n) is 31.4. The number of aromatic amines is 1. The van der Waals surface area contributed by atoms with Crippen LogP contribution in [-0.4, -0.2) is 23.9 Å². The van der Waals surface area contributed by atoms with Gasteiger partial charge in [-0.1, -0.05) is 115 Å². The Morgan fingerprint density at radius 3 is 2.15 bits per heavy atom. The number of aliphatic imine (C=N–C) groups is 1. The molecule has 258 valence electrons. The number of hydrogen-bond acceptors (Lipinski definition) is 2. The fourth-order valence-corrected chi connectivity index (χ4v) is 5.06. The van der Waals surface area contributed by atoms with Crippen molar-refractivity contribution in [1.29, 1.82) is 0 Å². The van der Waals surface area contributed by atoms with E-state index in [1.54, 1.807) is 0 Å². The number of nitrogens with one attached hydrogen (secondary N) is 1. The van der Waals surface area contributed by atoms with E-state index in [9.17, 15) is 0 Å². The molecule has 1 aromatic carbocycles. The zero-order chi connectivity index (χ0) is 34.9. The number of halogens is 1. The average Bonchev–Trinajstić information content (AvgIpc) is 3.37. The summed E-state index contributed by atoms with van der Waals surface area (Å²) in [6, 6.07) is 6.18. The third kappa shape index (κ3) is 18.5. The van der Waals surface area contributed by atoms with Crippen LogP contribution in [0.1, 0.15) is 145 Å². The summed E-state index contributed by atoms with van der Waals surface area (Å²) in [4.78, 5) is 8.11. The van der Waals surface area contributed by atoms with E-state index in [1.165, 1.54) is 51.7 Å². The lowest BCUT2D eigenvalue weighted by Crippen LogP contribution is -2.01. The molecule has 0 fully saturated rings. The van der Waals surface area contributed by atoms with Crippen molar-refractivity contribution in [2.24, 2.45) is 4.99 Å². The van der Waals surface area contributed by atoms with Crippen LogP contribution in [0.5, 0.6) is 0 Å². The molecule has 1 N–H and O–H groups in total. The Hall–Kier alpha value is -2.62. The van der Waals surface area contributed by atoms with E-state index in [0.717, 1.165) is 74.6 Å². The molecule has 0 aliphatic heterocycles. The lowest BCUT2D eigenvalue weighted by Gasteiger charge is -2.15. The Bertz CT molecular complexity index is 1280. The third-order valence-electron chi connectivity index (χ3n) is 7.30. The molecule has 1 aromatic heterocycles. The molecular formula is C42H67ClN2O. The van der Waals surface area contributed by atoms with Gasteiger partial charge in [0, 0.05) is 52.2 Å². The summed E-state index contributed by atoms with van der Waals surface area (Å²) in [5.41, 5.74) is 9.94. The molecule has 2 aromatic rings. The molecule has 0 saturated carbocycles. The maximum atomic E-state index is 6.30. The van der Waals surface area contributed by atoms with E-state index >= 15 is 0 Å². The van der Waals surface area contributed by atoms with Crippen molar-refractivity contribution in [2.75, 3.05) is 13.2 Å². The molecule has 1 unspecified atom stereocenters. The third-order valence-corrected chi connectivity index (χ3v) is 7.53. The molecule has 0 saturated heterocycles. The van der Waals surface area contributed by atoms with E-state index in [4.69, 9.17) is 16.3 Å². The van der Waals surface area contributed by atoms with E-state index in [-0.39, 0.29) is 0 Å². The molecule has 0 radical (unpaired) electrons. The Labute approximate surface area is 289 Å². The number of aryl methyl sites for hydroxylation is 1. The lowest BCUT2D eigenvalue weighted by atomic mass is 9.90. The molecule has 0 amide bonds. The second kappa shape index (κ2) is 26.4. The lowest BCUT2D eigenvalue weighted by molar-refractivity contribution is 0.135. The van der Waals surface area contributed by atoms with Crippen LogP contribution < -0.4 is 0 Å². The van der Waals surface area contributed by atoms with Gasteiger partial charge in [-0.25, -0.2) is 0 Å². The predicted octanol–water partition coefficient (Wildman–Crippen LogP) is 14.1. The van der Waals surface area contributed by atoms with Gasteiger partial charge in [-0.2, -0.15) is 0 Å². The number of rotatable bonds is 17. The fourth-order valence-electron chi connectivity index (χ4n) is 4.89. The van der Waals surface area contributed by atoms with Gasteiger partial charge < -0.3 is 9.72 Å². The van der Waals surface area contributed by atoms with Crippen LogP contribution >= 0.6 is 11.6 Å². The average molecular weight is 651 g/mol. The first kappa shape index (κ1) is 43.4. The maximum Gasteiger partial charge on any atom is 0.0463 e. The van der Waals surface area contributed by atoms with Crippen LogP contribution in [0.25, 0.3) is 10.9 Å². The van der Waals surface area contributed by atoms with Crippen LogP contribution in [-0.2, 0) is 11.2 Å². The second-order valence-electron chi connectivity index (χ2n) is 12.2. The quantitative estimate of drug-likeness (QED) is 0.103. The molecule has 0 aliphatic rings. The smallest absolute Gasteiger partial charge is 0.0463 e. The first-order chi connectivity index (χ1) is 22.0. The normalized spacial score (nSPS) is 12.8. The Morgan fingerprint density at radius 1 is 0.935 bits per heavy atom. The fraction of sp³-hybridized carbons (Fsp3) is 0.548. The minimum absolute atomic E-state index is 0.315. The number of benzene rings is 1. The number of allylic oxidation sites excluding steroid dienone is 9. The highest BCUT2D eigenvalue weighted by Crippen LogP contribution is 2.35. The molecule has 4 heteroatoms. The highest BCUT2D eigenvalue weighted by molar-refractivity contribution is 6.31. The maximum absolute atomic E-state index is 6.30. The van der Waals surface area contributed by atoms with Crippen LogP contribution in [0.15, 0.2) is 82.6 Å². The van der Waals surface area contributed by atoms with Crippen molar-refractivity contribution in [1.82, 2.24) is 4.98 Å². The molecule has 1 heterocycles. The van der Waals surface area contributed by atoms with E-state index in [1.807, 2.05) is 19.9 Å². The van der Waals surface area contributed by atoms with Crippen molar-refractivity contribution in [3.05, 3.63) is 93.9 Å². The SMILES string of the molecule is C=C(/C=C\C(=C/CCC)C(C)c1[nH]c2ccc(Cl)cc2c1CCCC)CC.CC/C=C(\C)N=C(C)C=C(C)C.CCCOCCC. The van der Waals surface area contributed by atoms with Gasteiger partial charge in [-0.05, 0) is 108 Å². The first-order valence-corrected chi connectivity index (χ1v) is 18.2. The molecule has 0 spiro atoms. The molecule has 46 heavy (non-hydrogen) atoms. The highest BCUT2D eigenvalue weighted by atomic mass is 35.5. The van der Waals surface area contributed by atoms with Gasteiger partial charge in [0.15, 0.2) is 0 Å². The standard InChI is InChI=1S/C25H34ClN.C11H19N.C6H14O/c1-6-9-11-20(14-13-18(4)8-3)19(5)25-22(12-10-7-2)23-17-21(26)15-16-24(23)27-25;1-6-7-10(4)12-11(5)8-9(2)3;1-3-5-7-6-4-2/h11,13-17,19,27H,4,6-10,12H2,1-3,5H3;7-8H,6H2,1-5H3;3-6H2,1-2H3/b14-13-,20-11+;10-7+,12-11?;. The van der Waals surface area contributed by atoms with E-state index < -0.39 is 0 Å². The predicted molar refractivity (Wildman–Crippen MR) is 210 cm³/mol. The van der Waals surface area contributed by atoms with Crippen LogP contribution in [0, 0.1) is 0 Å². The Balaban J connectivity index is 0.000000878. The number of hydrogen-bond donors (Lipinski definition) is 1. The molecule has 0 bridgehead atoms. The summed E-state index contributed by atoms with van der Waals surface area (Å²) in [6.45, 7) is 29.5. The van der Waals surface area contributed by atoms with Gasteiger partial charge in [0.2, 0.25) is 0 Å². The van der Waals surface area contributed by atoms with E-state index in [0.29, 0.717) is 5.92 Å². The molecule has 3 nitrogen and oxygen atoms in total. The second-order valence-corrected chi connectivity index (χ2v) is 12.6. The van der Waals surface area contributed by atoms with Crippen molar-refractivity contribution >= 4 is 28.2 Å². The number of H-pyrrole nitrogens is 1. The summed E-state index contributed by atoms with van der Waals surface area (Å²) in [7, 11) is 0. The topological polar surface area (TPSA) is 37.4 Å². The minimum Gasteiger partial charge on any atom is -0.381 e. The first-order valence-electron chi connectivity index (χ1n) is 17.8. The summed E-state index contributed by atoms with van der Waals surface area (Å²) < 4.78 is 5.13. The molecule has 0 aliphatic carbocycles. The van der Waals surface area contributed by atoms with Crippen molar-refractivity contribution in [3.8, 4) is 0 Å². The van der Waals surface area contributed by atoms with Crippen molar-refractivity contribution in [2.45, 2.75) is 140 Å².